The molecule has 2 aliphatic rings. The topological polar surface area (TPSA) is 44.8 Å². The number of hydrogen-bond donors (Lipinski definition) is 1. The summed E-state index contributed by atoms with van der Waals surface area (Å²) in [4.78, 5) is 17.3. The first-order chi connectivity index (χ1) is 11.3. The van der Waals surface area contributed by atoms with Gasteiger partial charge >= 0.3 is 0 Å². The summed E-state index contributed by atoms with van der Waals surface area (Å²) in [7, 11) is 0. The normalized spacial score (nSPS) is 21.0. The number of benzene rings is 1. The van der Waals surface area contributed by atoms with Crippen molar-refractivity contribution in [2.24, 2.45) is 0 Å². The minimum Gasteiger partial charge on any atom is -0.378 e. The molecule has 0 spiro atoms. The monoisotopic (exact) mass is 315 g/mol. The van der Waals surface area contributed by atoms with Gasteiger partial charge in [-0.2, -0.15) is 0 Å². The van der Waals surface area contributed by atoms with Gasteiger partial charge in [0.1, 0.15) is 0 Å². The van der Waals surface area contributed by atoms with Gasteiger partial charge in [-0.3, -0.25) is 14.6 Å². The molecule has 124 valence electrons. The van der Waals surface area contributed by atoms with Gasteiger partial charge in [0.2, 0.25) is 0 Å². The number of amides is 1. The van der Waals surface area contributed by atoms with Crippen molar-refractivity contribution in [3.63, 3.8) is 0 Å². The standard InChI is InChI=1S/C18H25N3O2/c1-2-15(18(22)19-16-6-4-3-5-7-16)12-20-8-10-21(11-9-20)17-13-23-14-17/h2-7,17H,8-14H2,1H3,(H,19,22)/b15-2+. The summed E-state index contributed by atoms with van der Waals surface area (Å²) < 4.78 is 5.27. The van der Waals surface area contributed by atoms with E-state index in [4.69, 9.17) is 4.74 Å². The van der Waals surface area contributed by atoms with E-state index >= 15 is 0 Å². The maximum absolute atomic E-state index is 12.4. The van der Waals surface area contributed by atoms with Gasteiger partial charge in [-0.15, -0.1) is 0 Å². The van der Waals surface area contributed by atoms with E-state index in [2.05, 4.69) is 15.1 Å². The summed E-state index contributed by atoms with van der Waals surface area (Å²) >= 11 is 0. The molecule has 1 aromatic rings. The summed E-state index contributed by atoms with van der Waals surface area (Å²) in [6.07, 6.45) is 1.92. The number of allylic oxidation sites excluding steroid dienone is 1. The summed E-state index contributed by atoms with van der Waals surface area (Å²) in [6.45, 7) is 8.53. The third-order valence-electron chi connectivity index (χ3n) is 4.61. The first kappa shape index (κ1) is 16.2. The van der Waals surface area contributed by atoms with Crippen molar-refractivity contribution in [3.05, 3.63) is 42.0 Å². The predicted molar refractivity (Wildman–Crippen MR) is 91.4 cm³/mol. The molecule has 5 heteroatoms. The van der Waals surface area contributed by atoms with E-state index in [1.54, 1.807) is 0 Å². The van der Waals surface area contributed by atoms with E-state index in [0.29, 0.717) is 12.6 Å². The number of rotatable bonds is 5. The number of hydrogen-bond acceptors (Lipinski definition) is 4. The van der Waals surface area contributed by atoms with Gasteiger partial charge in [0.05, 0.1) is 19.3 Å². The number of nitrogens with zero attached hydrogens (tertiary/aromatic N) is 2. The first-order valence-corrected chi connectivity index (χ1v) is 8.32. The molecule has 0 atom stereocenters. The Morgan fingerprint density at radius 2 is 1.91 bits per heavy atom. The number of carbonyl (C=O) groups is 1. The van der Waals surface area contributed by atoms with Crippen LogP contribution in [-0.4, -0.2) is 67.7 Å². The van der Waals surface area contributed by atoms with Gasteiger partial charge in [0.25, 0.3) is 5.91 Å². The van der Waals surface area contributed by atoms with Crippen LogP contribution in [0.1, 0.15) is 6.92 Å². The molecule has 0 unspecified atom stereocenters. The molecular formula is C18H25N3O2. The largest absolute Gasteiger partial charge is 0.378 e. The van der Waals surface area contributed by atoms with Crippen molar-refractivity contribution in [1.82, 2.24) is 9.80 Å². The zero-order valence-corrected chi connectivity index (χ0v) is 13.7. The van der Waals surface area contributed by atoms with E-state index < -0.39 is 0 Å². The van der Waals surface area contributed by atoms with Crippen LogP contribution in [-0.2, 0) is 9.53 Å². The van der Waals surface area contributed by atoms with E-state index in [1.807, 2.05) is 43.3 Å². The van der Waals surface area contributed by atoms with Crippen molar-refractivity contribution in [1.29, 1.82) is 0 Å². The highest BCUT2D eigenvalue weighted by Crippen LogP contribution is 2.15. The van der Waals surface area contributed by atoms with Gasteiger partial charge in [-0.05, 0) is 19.1 Å². The van der Waals surface area contributed by atoms with Crippen molar-refractivity contribution < 1.29 is 9.53 Å². The van der Waals surface area contributed by atoms with E-state index in [0.717, 1.165) is 50.7 Å². The number of nitrogens with one attached hydrogen (secondary N) is 1. The molecule has 0 saturated carbocycles. The second kappa shape index (κ2) is 7.73. The maximum Gasteiger partial charge on any atom is 0.252 e. The number of piperazine rings is 1. The number of anilines is 1. The highest BCUT2D eigenvalue weighted by atomic mass is 16.5. The molecule has 0 aromatic heterocycles. The number of para-hydroxylation sites is 1. The maximum atomic E-state index is 12.4. The lowest BCUT2D eigenvalue weighted by Gasteiger charge is -2.42. The summed E-state index contributed by atoms with van der Waals surface area (Å²) in [5.74, 6) is -0.00600. The summed E-state index contributed by atoms with van der Waals surface area (Å²) in [6, 6.07) is 10.2. The molecule has 5 nitrogen and oxygen atoms in total. The lowest BCUT2D eigenvalue weighted by molar-refractivity contribution is -0.113. The van der Waals surface area contributed by atoms with Gasteiger partial charge in [0.15, 0.2) is 0 Å². The Labute approximate surface area is 137 Å². The van der Waals surface area contributed by atoms with E-state index in [-0.39, 0.29) is 5.91 Å². The Kier molecular flexibility index (Phi) is 5.43. The minimum atomic E-state index is -0.00600. The molecule has 0 aliphatic carbocycles. The Hall–Kier alpha value is -1.69. The number of carbonyl (C=O) groups excluding carboxylic acids is 1. The van der Waals surface area contributed by atoms with Crippen molar-refractivity contribution in [2.75, 3.05) is 51.3 Å². The quantitative estimate of drug-likeness (QED) is 0.838. The smallest absolute Gasteiger partial charge is 0.252 e. The molecule has 2 aliphatic heterocycles. The molecular weight excluding hydrogens is 290 g/mol. The van der Waals surface area contributed by atoms with E-state index in [9.17, 15) is 4.79 Å². The van der Waals surface area contributed by atoms with Crippen LogP contribution in [0.2, 0.25) is 0 Å². The molecule has 1 N–H and O–H groups in total. The van der Waals surface area contributed by atoms with Crippen LogP contribution in [0.4, 0.5) is 5.69 Å². The summed E-state index contributed by atoms with van der Waals surface area (Å²) in [5.41, 5.74) is 1.67. The van der Waals surface area contributed by atoms with Crippen LogP contribution in [0.15, 0.2) is 42.0 Å². The molecule has 0 bridgehead atoms. The van der Waals surface area contributed by atoms with Gasteiger partial charge in [-0.25, -0.2) is 0 Å². The molecule has 2 heterocycles. The van der Waals surface area contributed by atoms with E-state index in [1.165, 1.54) is 0 Å². The lowest BCUT2D eigenvalue weighted by Crippen LogP contribution is -2.56. The fourth-order valence-electron chi connectivity index (χ4n) is 2.99. The Morgan fingerprint density at radius 1 is 1.22 bits per heavy atom. The molecule has 3 rings (SSSR count). The van der Waals surface area contributed by atoms with Crippen LogP contribution < -0.4 is 5.32 Å². The zero-order chi connectivity index (χ0) is 16.1. The Balaban J connectivity index is 1.48. The highest BCUT2D eigenvalue weighted by Gasteiger charge is 2.29. The number of ether oxygens (including phenoxy) is 1. The van der Waals surface area contributed by atoms with Crippen LogP contribution in [0.25, 0.3) is 0 Å². The van der Waals surface area contributed by atoms with Crippen LogP contribution >= 0.6 is 0 Å². The highest BCUT2D eigenvalue weighted by molar-refractivity contribution is 6.03. The fraction of sp³-hybridized carbons (Fsp3) is 0.500. The zero-order valence-electron chi connectivity index (χ0n) is 13.7. The van der Waals surface area contributed by atoms with Gasteiger partial charge in [0, 0.05) is 44.0 Å². The third kappa shape index (κ3) is 4.19. The molecule has 23 heavy (non-hydrogen) atoms. The third-order valence-corrected chi connectivity index (χ3v) is 4.61. The Bertz CT molecular complexity index is 547. The molecule has 1 amide bonds. The average molecular weight is 315 g/mol. The van der Waals surface area contributed by atoms with Gasteiger partial charge < -0.3 is 10.1 Å². The van der Waals surface area contributed by atoms with Crippen molar-refractivity contribution in [3.8, 4) is 0 Å². The average Bonchev–Trinajstić information content (AvgIpc) is 2.53. The lowest BCUT2D eigenvalue weighted by atomic mass is 10.1. The van der Waals surface area contributed by atoms with Crippen molar-refractivity contribution in [2.45, 2.75) is 13.0 Å². The molecule has 2 fully saturated rings. The molecule has 2 saturated heterocycles. The SMILES string of the molecule is C/C=C(\CN1CCN(C2COC2)CC1)C(=O)Nc1ccccc1. The van der Waals surface area contributed by atoms with Crippen LogP contribution in [0, 0.1) is 0 Å². The Morgan fingerprint density at radius 3 is 2.48 bits per heavy atom. The molecule has 1 aromatic carbocycles. The second-order valence-corrected chi connectivity index (χ2v) is 6.14. The molecule has 0 radical (unpaired) electrons. The van der Waals surface area contributed by atoms with Crippen LogP contribution in [0.5, 0.6) is 0 Å². The first-order valence-electron chi connectivity index (χ1n) is 8.32. The summed E-state index contributed by atoms with van der Waals surface area (Å²) in [5, 5.41) is 2.97. The van der Waals surface area contributed by atoms with Crippen molar-refractivity contribution >= 4 is 11.6 Å². The van der Waals surface area contributed by atoms with Gasteiger partial charge in [-0.1, -0.05) is 24.3 Å². The van der Waals surface area contributed by atoms with Crippen LogP contribution in [0.3, 0.4) is 0 Å². The predicted octanol–water partition coefficient (Wildman–Crippen LogP) is 1.59. The fourth-order valence-corrected chi connectivity index (χ4v) is 2.99. The minimum absolute atomic E-state index is 0.00600. The second-order valence-electron chi connectivity index (χ2n) is 6.14.